The number of anilines is 6. The van der Waals surface area contributed by atoms with Crippen LogP contribution in [0.1, 0.15) is 32.9 Å². The molecule has 28 heteroatoms. The second kappa shape index (κ2) is 22.6. The van der Waals surface area contributed by atoms with Crippen LogP contribution in [0.15, 0.2) is 128 Å². The maximum Gasteiger partial charge on any atom is 0.417 e. The molecule has 9 aromatic rings. The normalized spacial score (nSPS) is 11.4. The van der Waals surface area contributed by atoms with Crippen molar-refractivity contribution in [1.82, 2.24) is 49.4 Å². The molecule has 0 aliphatic carbocycles. The molecule has 17 nitrogen and oxygen atoms in total. The van der Waals surface area contributed by atoms with Gasteiger partial charge in [-0.3, -0.25) is 14.3 Å². The molecule has 0 aromatic carbocycles. The van der Waals surface area contributed by atoms with Crippen molar-refractivity contribution in [3.05, 3.63) is 168 Å². The first-order valence-electron chi connectivity index (χ1n) is 21.4. The number of carbonyl (C=O) groups excluding carboxylic acids is 1. The average Bonchev–Trinajstić information content (AvgIpc) is 3.77. The fourth-order valence-electron chi connectivity index (χ4n) is 6.31. The van der Waals surface area contributed by atoms with Gasteiger partial charge in [-0.1, -0.05) is 0 Å². The summed E-state index contributed by atoms with van der Waals surface area (Å²) in [5, 5.41) is 7.87. The Hall–Kier alpha value is -9.63. The summed E-state index contributed by atoms with van der Waals surface area (Å²) in [5.74, 6) is -0.946. The lowest BCUT2D eigenvalue weighted by Crippen LogP contribution is -2.16. The number of pyridine rings is 8. The van der Waals surface area contributed by atoms with E-state index in [9.17, 15) is 53.1 Å². The Kier molecular flexibility index (Phi) is 16.1. The molecule has 0 spiro atoms. The van der Waals surface area contributed by atoms with Crippen LogP contribution in [0.25, 0.3) is 28.4 Å². The molecule has 1 amide bonds. The standard InChI is InChI=1S/C18H13F4N5O2.C18H11F4N5.C12H11F3N4O/c1-29-15-5-3-12(9-24-15)26-16-14(6-10(7-25-16)18(20,21)22)27-17(28)13-4-2-11(19)8-23-13;1-10-2-4-13(9-23-10)27-16-15(6-11(7-25-16)18(20,21)22)26-17(27)14-5-3-12(19)8-24-14;1-20-10-3-2-8(6-17-10)19-11-9(16)4-7(5-18-11)12(13,14)15/h2-9H,1H3,(H,25,26)(H,27,28);2-9H,1H3;2-6H,16H2,1H3,(H,18,19). The molecule has 0 radical (unpaired) electrons. The number of rotatable bonds is 10. The highest BCUT2D eigenvalue weighted by molar-refractivity contribution is 6.04. The summed E-state index contributed by atoms with van der Waals surface area (Å²) in [6, 6.07) is 17.0. The molecule has 0 aliphatic rings. The maximum absolute atomic E-state index is 13.2. The van der Waals surface area contributed by atoms with Crippen LogP contribution in [0.4, 0.5) is 82.7 Å². The largest absolute Gasteiger partial charge is 0.481 e. The summed E-state index contributed by atoms with van der Waals surface area (Å²) in [6.45, 7) is 1.81. The fraction of sp³-hybridized carbons (Fsp3) is 0.125. The van der Waals surface area contributed by atoms with E-state index in [4.69, 9.17) is 15.2 Å². The molecule has 0 saturated heterocycles. The van der Waals surface area contributed by atoms with Crippen molar-refractivity contribution < 1.29 is 62.6 Å². The number of aryl methyl sites for hydroxylation is 1. The van der Waals surface area contributed by atoms with Crippen molar-refractivity contribution in [2.24, 2.45) is 0 Å². The fourth-order valence-corrected chi connectivity index (χ4v) is 6.31. The summed E-state index contributed by atoms with van der Waals surface area (Å²) in [4.78, 5) is 47.7. The first-order valence-corrected chi connectivity index (χ1v) is 21.4. The molecule has 9 aromatic heterocycles. The van der Waals surface area contributed by atoms with Gasteiger partial charge in [0.15, 0.2) is 23.1 Å². The zero-order chi connectivity index (χ0) is 55.0. The molecule has 0 bridgehead atoms. The number of ether oxygens (including phenoxy) is 2. The van der Waals surface area contributed by atoms with E-state index < -0.39 is 52.8 Å². The van der Waals surface area contributed by atoms with E-state index in [2.05, 4.69) is 60.8 Å². The van der Waals surface area contributed by atoms with Gasteiger partial charge in [0.05, 0.1) is 90.3 Å². The predicted octanol–water partition coefficient (Wildman–Crippen LogP) is 11.2. The number of fused-ring (bicyclic) bond motifs is 1. The summed E-state index contributed by atoms with van der Waals surface area (Å²) in [6.07, 6.45) is -5.34. The van der Waals surface area contributed by atoms with E-state index in [-0.39, 0.29) is 45.7 Å². The molecular weight excluding hydrogens is 1030 g/mol. The molecular formula is C48H35F11N14O3. The van der Waals surface area contributed by atoms with Gasteiger partial charge in [-0.25, -0.2) is 48.7 Å². The van der Waals surface area contributed by atoms with E-state index in [1.807, 2.05) is 6.92 Å². The topological polar surface area (TPSA) is 219 Å². The van der Waals surface area contributed by atoms with Crippen LogP contribution in [0, 0.1) is 18.6 Å². The zero-order valence-electron chi connectivity index (χ0n) is 39.1. The van der Waals surface area contributed by atoms with E-state index in [0.29, 0.717) is 40.7 Å². The quantitative estimate of drug-likeness (QED) is 0.0936. The highest BCUT2D eigenvalue weighted by atomic mass is 19.4. The molecule has 0 unspecified atom stereocenters. The van der Waals surface area contributed by atoms with Crippen LogP contribution in [0.2, 0.25) is 0 Å². The second-order valence-electron chi connectivity index (χ2n) is 15.4. The molecule has 0 aliphatic heterocycles. The number of alkyl halides is 9. The van der Waals surface area contributed by atoms with Gasteiger partial charge in [-0.05, 0) is 73.7 Å². The molecule has 76 heavy (non-hydrogen) atoms. The van der Waals surface area contributed by atoms with E-state index in [0.717, 1.165) is 60.8 Å². The highest BCUT2D eigenvalue weighted by Crippen LogP contribution is 2.36. The average molecular weight is 1060 g/mol. The Balaban J connectivity index is 0.000000169. The van der Waals surface area contributed by atoms with Crippen molar-refractivity contribution in [2.45, 2.75) is 25.5 Å². The van der Waals surface area contributed by atoms with Crippen LogP contribution < -0.4 is 31.2 Å². The molecule has 0 fully saturated rings. The first kappa shape index (κ1) is 54.2. The lowest BCUT2D eigenvalue weighted by atomic mass is 10.2. The number of hydrogen-bond donors (Lipinski definition) is 4. The predicted molar refractivity (Wildman–Crippen MR) is 253 cm³/mol. The molecule has 9 rings (SSSR count). The molecule has 5 N–H and O–H groups in total. The number of halogens is 11. The molecule has 9 heterocycles. The number of imidazole rings is 1. The zero-order valence-corrected chi connectivity index (χ0v) is 39.1. The highest BCUT2D eigenvalue weighted by Gasteiger charge is 2.34. The second-order valence-corrected chi connectivity index (χ2v) is 15.4. The van der Waals surface area contributed by atoms with Gasteiger partial charge in [0.1, 0.15) is 28.5 Å². The van der Waals surface area contributed by atoms with Gasteiger partial charge in [-0.15, -0.1) is 0 Å². The van der Waals surface area contributed by atoms with Crippen LogP contribution >= 0.6 is 0 Å². The van der Waals surface area contributed by atoms with Gasteiger partial charge in [0, 0.05) is 36.4 Å². The van der Waals surface area contributed by atoms with Gasteiger partial charge in [0.2, 0.25) is 11.8 Å². The summed E-state index contributed by atoms with van der Waals surface area (Å²) < 4.78 is 153. The van der Waals surface area contributed by atoms with Gasteiger partial charge in [0.25, 0.3) is 5.91 Å². The molecule has 0 saturated carbocycles. The Bertz CT molecular complexity index is 3440. The number of nitrogens with zero attached hydrogens (tertiary/aromatic N) is 10. The molecule has 392 valence electrons. The minimum absolute atomic E-state index is 0.0477. The number of nitrogens with one attached hydrogen (secondary N) is 3. The van der Waals surface area contributed by atoms with Crippen LogP contribution in [-0.2, 0) is 18.5 Å². The number of hydrogen-bond acceptors (Lipinski definition) is 15. The Labute approximate surface area is 421 Å². The van der Waals surface area contributed by atoms with Crippen LogP contribution in [-0.4, -0.2) is 69.5 Å². The Morgan fingerprint density at radius 2 is 1.12 bits per heavy atom. The number of carbonyl (C=O) groups is 1. The Morgan fingerprint density at radius 3 is 1.62 bits per heavy atom. The van der Waals surface area contributed by atoms with Gasteiger partial charge < -0.3 is 31.2 Å². The van der Waals surface area contributed by atoms with Crippen molar-refractivity contribution in [1.29, 1.82) is 0 Å². The van der Waals surface area contributed by atoms with Crippen molar-refractivity contribution >= 4 is 51.5 Å². The number of nitrogens with two attached hydrogens (primary N) is 1. The summed E-state index contributed by atoms with van der Waals surface area (Å²) in [7, 11) is 2.91. The summed E-state index contributed by atoms with van der Waals surface area (Å²) >= 11 is 0. The van der Waals surface area contributed by atoms with E-state index >= 15 is 0 Å². The number of amides is 1. The first-order chi connectivity index (χ1) is 36.0. The lowest BCUT2D eigenvalue weighted by molar-refractivity contribution is -0.138. The minimum atomic E-state index is -4.67. The maximum atomic E-state index is 13.2. The Morgan fingerprint density at radius 1 is 0.566 bits per heavy atom. The third-order valence-electron chi connectivity index (χ3n) is 10.0. The van der Waals surface area contributed by atoms with E-state index in [1.54, 1.807) is 41.1 Å². The minimum Gasteiger partial charge on any atom is -0.481 e. The van der Waals surface area contributed by atoms with Crippen molar-refractivity contribution in [3.8, 4) is 29.0 Å². The number of aromatic nitrogens is 10. The third-order valence-corrected chi connectivity index (χ3v) is 10.0. The number of nitrogen functional groups attached to an aromatic ring is 1. The van der Waals surface area contributed by atoms with Gasteiger partial charge in [-0.2, -0.15) is 39.5 Å². The van der Waals surface area contributed by atoms with E-state index in [1.165, 1.54) is 44.8 Å². The van der Waals surface area contributed by atoms with Crippen LogP contribution in [0.3, 0.4) is 0 Å². The summed E-state index contributed by atoms with van der Waals surface area (Å²) in [5.41, 5.74) is 4.99. The lowest BCUT2D eigenvalue weighted by Gasteiger charge is -2.15. The van der Waals surface area contributed by atoms with Gasteiger partial charge >= 0.3 is 18.5 Å². The smallest absolute Gasteiger partial charge is 0.417 e. The molecule has 0 atom stereocenters. The van der Waals surface area contributed by atoms with Crippen molar-refractivity contribution in [3.63, 3.8) is 0 Å². The van der Waals surface area contributed by atoms with Crippen LogP contribution in [0.5, 0.6) is 11.8 Å². The monoisotopic (exact) mass is 1060 g/mol. The SMILES string of the molecule is COc1ccc(Nc2ncc(C(F)(F)F)cc2N)cn1.COc1ccc(Nc2ncc(C(F)(F)F)cc2NC(=O)c2ccc(F)cn2)cn1.Cc1ccc(-n2c(-c3ccc(F)cn3)nc3cc(C(F)(F)F)cnc32)cn1. The van der Waals surface area contributed by atoms with Crippen molar-refractivity contribution in [2.75, 3.05) is 35.9 Å². The number of methoxy groups -OCH3 is 2. The third kappa shape index (κ3) is 13.7.